The fourth-order valence-electron chi connectivity index (χ4n) is 2.78. The Morgan fingerprint density at radius 3 is 2.72 bits per heavy atom. The molecule has 1 aliphatic carbocycles. The first-order valence-corrected chi connectivity index (χ1v) is 7.32. The minimum Gasteiger partial charge on any atom is -0.376 e. The van der Waals surface area contributed by atoms with Gasteiger partial charge < -0.3 is 9.64 Å². The normalized spacial score (nSPS) is 30.1. The standard InChI is InChI=1S/C14H26N2O2/c1-3-14(2)13(17)16(11-15-14)9-10-18-12-7-5-4-6-8-12/h12,15H,3-11H2,1-2H3. The second-order valence-electron chi connectivity index (χ2n) is 5.72. The lowest BCUT2D eigenvalue weighted by Gasteiger charge is -2.24. The van der Waals surface area contributed by atoms with Crippen molar-refractivity contribution in [2.75, 3.05) is 19.8 Å². The summed E-state index contributed by atoms with van der Waals surface area (Å²) in [5, 5.41) is 3.29. The second kappa shape index (κ2) is 6.02. The molecule has 0 aromatic carbocycles. The van der Waals surface area contributed by atoms with Crippen molar-refractivity contribution in [3.8, 4) is 0 Å². The van der Waals surface area contributed by atoms with Gasteiger partial charge in [-0.2, -0.15) is 0 Å². The number of hydrogen-bond donors (Lipinski definition) is 1. The number of carbonyl (C=O) groups excluding carboxylic acids is 1. The number of nitrogens with zero attached hydrogens (tertiary/aromatic N) is 1. The van der Waals surface area contributed by atoms with Gasteiger partial charge >= 0.3 is 0 Å². The van der Waals surface area contributed by atoms with E-state index < -0.39 is 0 Å². The molecule has 1 amide bonds. The highest BCUT2D eigenvalue weighted by atomic mass is 16.5. The monoisotopic (exact) mass is 254 g/mol. The zero-order valence-electron chi connectivity index (χ0n) is 11.7. The highest BCUT2D eigenvalue weighted by molar-refractivity contribution is 5.87. The summed E-state index contributed by atoms with van der Waals surface area (Å²) < 4.78 is 5.87. The van der Waals surface area contributed by atoms with Crippen LogP contribution in [0.1, 0.15) is 52.4 Å². The zero-order chi connectivity index (χ0) is 13.0. The Kier molecular flexibility index (Phi) is 4.62. The lowest BCUT2D eigenvalue weighted by Crippen LogP contribution is -2.43. The van der Waals surface area contributed by atoms with Crippen molar-refractivity contribution in [2.24, 2.45) is 0 Å². The summed E-state index contributed by atoms with van der Waals surface area (Å²) in [5.74, 6) is 0.220. The van der Waals surface area contributed by atoms with Crippen LogP contribution in [0.25, 0.3) is 0 Å². The molecule has 1 unspecified atom stereocenters. The van der Waals surface area contributed by atoms with Gasteiger partial charge in [0.25, 0.3) is 0 Å². The Bertz CT molecular complexity index is 290. The van der Waals surface area contributed by atoms with E-state index in [-0.39, 0.29) is 11.4 Å². The van der Waals surface area contributed by atoms with E-state index in [9.17, 15) is 4.79 Å². The maximum absolute atomic E-state index is 12.1. The highest BCUT2D eigenvalue weighted by Crippen LogP contribution is 2.21. The highest BCUT2D eigenvalue weighted by Gasteiger charge is 2.40. The average molecular weight is 254 g/mol. The van der Waals surface area contributed by atoms with Crippen LogP contribution in [0.3, 0.4) is 0 Å². The number of amides is 1. The molecule has 4 nitrogen and oxygen atoms in total. The van der Waals surface area contributed by atoms with Crippen LogP contribution < -0.4 is 5.32 Å². The van der Waals surface area contributed by atoms with Gasteiger partial charge in [-0.1, -0.05) is 26.2 Å². The van der Waals surface area contributed by atoms with Gasteiger partial charge in [-0.05, 0) is 26.2 Å². The van der Waals surface area contributed by atoms with Gasteiger partial charge in [-0.3, -0.25) is 10.1 Å². The summed E-state index contributed by atoms with van der Waals surface area (Å²) in [5.41, 5.74) is -0.356. The van der Waals surface area contributed by atoms with Gasteiger partial charge in [0.15, 0.2) is 0 Å². The largest absolute Gasteiger partial charge is 0.376 e. The number of rotatable bonds is 5. The van der Waals surface area contributed by atoms with Crippen molar-refractivity contribution >= 4 is 5.91 Å². The maximum atomic E-state index is 12.1. The van der Waals surface area contributed by atoms with Crippen molar-refractivity contribution in [1.82, 2.24) is 10.2 Å². The molecule has 1 saturated carbocycles. The van der Waals surface area contributed by atoms with E-state index in [0.29, 0.717) is 19.4 Å². The van der Waals surface area contributed by atoms with Crippen molar-refractivity contribution in [2.45, 2.75) is 64.0 Å². The molecule has 0 radical (unpaired) electrons. The van der Waals surface area contributed by atoms with E-state index in [0.717, 1.165) is 13.0 Å². The third-order valence-corrected chi connectivity index (χ3v) is 4.39. The van der Waals surface area contributed by atoms with E-state index in [1.54, 1.807) is 0 Å². The van der Waals surface area contributed by atoms with E-state index >= 15 is 0 Å². The molecule has 1 atom stereocenters. The van der Waals surface area contributed by atoms with Gasteiger partial charge in [0.2, 0.25) is 5.91 Å². The van der Waals surface area contributed by atoms with Crippen LogP contribution in [0.2, 0.25) is 0 Å². The molecule has 0 aromatic rings. The van der Waals surface area contributed by atoms with Crippen LogP contribution in [-0.4, -0.2) is 42.3 Å². The molecule has 1 saturated heterocycles. The second-order valence-corrected chi connectivity index (χ2v) is 5.72. The van der Waals surface area contributed by atoms with Gasteiger partial charge in [0.1, 0.15) is 0 Å². The molecule has 0 spiro atoms. The van der Waals surface area contributed by atoms with Crippen molar-refractivity contribution < 1.29 is 9.53 Å². The molecule has 1 heterocycles. The third kappa shape index (κ3) is 3.04. The van der Waals surface area contributed by atoms with E-state index in [1.165, 1.54) is 32.1 Å². The first kappa shape index (κ1) is 13.8. The van der Waals surface area contributed by atoms with Crippen LogP contribution in [0.15, 0.2) is 0 Å². The molecule has 0 bridgehead atoms. The van der Waals surface area contributed by atoms with Crippen LogP contribution >= 0.6 is 0 Å². The number of hydrogen-bond acceptors (Lipinski definition) is 3. The average Bonchev–Trinajstić information content (AvgIpc) is 2.69. The predicted octanol–water partition coefficient (Wildman–Crippen LogP) is 1.89. The van der Waals surface area contributed by atoms with E-state index in [1.807, 2.05) is 18.7 Å². The van der Waals surface area contributed by atoms with Crippen LogP contribution in [0.5, 0.6) is 0 Å². The Labute approximate surface area is 110 Å². The lowest BCUT2D eigenvalue weighted by molar-refractivity contribution is -0.133. The topological polar surface area (TPSA) is 41.6 Å². The van der Waals surface area contributed by atoms with Crippen molar-refractivity contribution in [3.63, 3.8) is 0 Å². The van der Waals surface area contributed by atoms with Gasteiger partial charge in [-0.25, -0.2) is 0 Å². The fraction of sp³-hybridized carbons (Fsp3) is 0.929. The Hall–Kier alpha value is -0.610. The Morgan fingerprint density at radius 1 is 1.39 bits per heavy atom. The first-order valence-electron chi connectivity index (χ1n) is 7.32. The molecule has 104 valence electrons. The maximum Gasteiger partial charge on any atom is 0.243 e. The van der Waals surface area contributed by atoms with Gasteiger partial charge in [0.05, 0.1) is 24.9 Å². The zero-order valence-corrected chi connectivity index (χ0v) is 11.7. The smallest absolute Gasteiger partial charge is 0.243 e. The molecule has 1 aliphatic heterocycles. The summed E-state index contributed by atoms with van der Waals surface area (Å²) in [6.07, 6.45) is 7.60. The molecule has 1 N–H and O–H groups in total. The number of ether oxygens (including phenoxy) is 1. The predicted molar refractivity (Wildman–Crippen MR) is 71.2 cm³/mol. The summed E-state index contributed by atoms with van der Waals surface area (Å²) >= 11 is 0. The summed E-state index contributed by atoms with van der Waals surface area (Å²) in [6, 6.07) is 0. The van der Waals surface area contributed by atoms with Gasteiger partial charge in [0, 0.05) is 6.54 Å². The van der Waals surface area contributed by atoms with E-state index in [2.05, 4.69) is 5.32 Å². The van der Waals surface area contributed by atoms with Gasteiger partial charge in [-0.15, -0.1) is 0 Å². The van der Waals surface area contributed by atoms with Crippen molar-refractivity contribution in [1.29, 1.82) is 0 Å². The molecular formula is C14H26N2O2. The molecule has 4 heteroatoms. The molecular weight excluding hydrogens is 228 g/mol. The first-order chi connectivity index (χ1) is 8.65. The van der Waals surface area contributed by atoms with Crippen LogP contribution in [0.4, 0.5) is 0 Å². The fourth-order valence-corrected chi connectivity index (χ4v) is 2.78. The number of carbonyl (C=O) groups is 1. The lowest BCUT2D eigenvalue weighted by atomic mass is 9.98. The number of nitrogens with one attached hydrogen (secondary N) is 1. The molecule has 18 heavy (non-hydrogen) atoms. The molecule has 2 aliphatic rings. The van der Waals surface area contributed by atoms with E-state index in [4.69, 9.17) is 4.74 Å². The quantitative estimate of drug-likeness (QED) is 0.814. The van der Waals surface area contributed by atoms with Crippen LogP contribution in [0, 0.1) is 0 Å². The molecule has 0 aromatic heterocycles. The Balaban J connectivity index is 1.69. The minimum absolute atomic E-state index is 0.220. The van der Waals surface area contributed by atoms with Crippen molar-refractivity contribution in [3.05, 3.63) is 0 Å². The minimum atomic E-state index is -0.356. The third-order valence-electron chi connectivity index (χ3n) is 4.39. The molecule has 2 rings (SSSR count). The molecule has 2 fully saturated rings. The summed E-state index contributed by atoms with van der Waals surface area (Å²) in [4.78, 5) is 14.0. The SMILES string of the molecule is CCC1(C)NCN(CCOC2CCCCC2)C1=O. The summed E-state index contributed by atoms with van der Waals surface area (Å²) in [7, 11) is 0. The summed E-state index contributed by atoms with van der Waals surface area (Å²) in [6.45, 7) is 6.09. The Morgan fingerprint density at radius 2 is 2.11 bits per heavy atom. The van der Waals surface area contributed by atoms with Crippen LogP contribution in [-0.2, 0) is 9.53 Å².